The van der Waals surface area contributed by atoms with Crippen LogP contribution in [0, 0.1) is 6.92 Å². The molecule has 0 atom stereocenters. The molecule has 0 bridgehead atoms. The van der Waals surface area contributed by atoms with Gasteiger partial charge in [-0.3, -0.25) is 0 Å². The van der Waals surface area contributed by atoms with Crippen molar-refractivity contribution in [2.24, 2.45) is 0 Å². The summed E-state index contributed by atoms with van der Waals surface area (Å²) in [5.74, 6) is 0. The second-order valence-corrected chi connectivity index (χ2v) is 6.81. The van der Waals surface area contributed by atoms with Gasteiger partial charge in [-0.2, -0.15) is 4.31 Å². The molecule has 0 aliphatic rings. The Kier molecular flexibility index (Phi) is 4.59. The fraction of sp³-hybridized carbons (Fsp3) is 0.267. The van der Waals surface area contributed by atoms with Crippen LogP contribution in [0.1, 0.15) is 11.1 Å². The van der Waals surface area contributed by atoms with Gasteiger partial charge < -0.3 is 5.32 Å². The molecule has 0 amide bonds. The molecule has 0 aliphatic heterocycles. The van der Waals surface area contributed by atoms with E-state index in [-0.39, 0.29) is 5.03 Å². The number of nitrogens with one attached hydrogen (secondary N) is 1. The molecule has 21 heavy (non-hydrogen) atoms. The van der Waals surface area contributed by atoms with Crippen molar-refractivity contribution in [2.75, 3.05) is 19.4 Å². The smallest absolute Gasteiger partial charge is 0.262 e. The van der Waals surface area contributed by atoms with Gasteiger partial charge in [-0.05, 0) is 24.6 Å². The van der Waals surface area contributed by atoms with E-state index in [1.54, 1.807) is 26.2 Å². The van der Waals surface area contributed by atoms with Crippen LogP contribution in [0.25, 0.3) is 0 Å². The van der Waals surface area contributed by atoms with E-state index in [4.69, 9.17) is 0 Å². The van der Waals surface area contributed by atoms with Gasteiger partial charge in [0.05, 0.1) is 5.69 Å². The molecule has 0 saturated carbocycles. The number of benzene rings is 1. The fourth-order valence-corrected chi connectivity index (χ4v) is 3.23. The maximum atomic E-state index is 12.6. The maximum absolute atomic E-state index is 12.6. The van der Waals surface area contributed by atoms with Gasteiger partial charge in [0.15, 0.2) is 5.03 Å². The van der Waals surface area contributed by atoms with Crippen molar-refractivity contribution in [1.82, 2.24) is 9.29 Å². The zero-order valence-corrected chi connectivity index (χ0v) is 13.2. The first-order valence-electron chi connectivity index (χ1n) is 6.60. The molecule has 1 aromatic carbocycles. The molecule has 2 rings (SSSR count). The average Bonchev–Trinajstić information content (AvgIpc) is 2.49. The lowest BCUT2D eigenvalue weighted by Gasteiger charge is -2.18. The first-order chi connectivity index (χ1) is 9.95. The van der Waals surface area contributed by atoms with Crippen molar-refractivity contribution in [2.45, 2.75) is 18.5 Å². The first kappa shape index (κ1) is 15.5. The Morgan fingerprint density at radius 1 is 1.19 bits per heavy atom. The second kappa shape index (κ2) is 6.24. The summed E-state index contributed by atoms with van der Waals surface area (Å²) in [5, 5.41) is 2.90. The molecular formula is C15H19N3O2S. The van der Waals surface area contributed by atoms with Crippen molar-refractivity contribution >= 4 is 15.7 Å². The summed E-state index contributed by atoms with van der Waals surface area (Å²) in [6.45, 7) is 2.31. The van der Waals surface area contributed by atoms with Crippen LogP contribution in [0.15, 0.2) is 47.6 Å². The third-order valence-electron chi connectivity index (χ3n) is 3.22. The Morgan fingerprint density at radius 2 is 1.86 bits per heavy atom. The summed E-state index contributed by atoms with van der Waals surface area (Å²) in [5.41, 5.74) is 2.58. The predicted octanol–water partition coefficient (Wildman–Crippen LogP) is 2.25. The number of anilines is 1. The molecule has 1 heterocycles. The highest BCUT2D eigenvalue weighted by Gasteiger charge is 2.25. The molecule has 0 unspecified atom stereocenters. The van der Waals surface area contributed by atoms with E-state index in [1.807, 2.05) is 31.2 Å². The largest absolute Gasteiger partial charge is 0.386 e. The average molecular weight is 305 g/mol. The van der Waals surface area contributed by atoms with Crippen molar-refractivity contribution in [3.05, 3.63) is 53.7 Å². The number of hydrogen-bond acceptors (Lipinski definition) is 4. The molecule has 0 saturated heterocycles. The van der Waals surface area contributed by atoms with Crippen LogP contribution in [-0.4, -0.2) is 31.8 Å². The summed E-state index contributed by atoms with van der Waals surface area (Å²) in [4.78, 5) is 4.01. The molecule has 2 aromatic rings. The van der Waals surface area contributed by atoms with E-state index in [2.05, 4.69) is 10.3 Å². The highest BCUT2D eigenvalue weighted by atomic mass is 32.2. The van der Waals surface area contributed by atoms with Gasteiger partial charge in [0.25, 0.3) is 10.0 Å². The lowest BCUT2D eigenvalue weighted by atomic mass is 10.1. The van der Waals surface area contributed by atoms with Crippen LogP contribution in [0.2, 0.25) is 0 Å². The molecule has 1 N–H and O–H groups in total. The summed E-state index contributed by atoms with van der Waals surface area (Å²) in [7, 11) is -0.395. The number of rotatable bonds is 5. The van der Waals surface area contributed by atoms with Gasteiger partial charge in [0, 0.05) is 26.8 Å². The van der Waals surface area contributed by atoms with E-state index >= 15 is 0 Å². The monoisotopic (exact) mass is 305 g/mol. The third kappa shape index (κ3) is 3.40. The maximum Gasteiger partial charge on any atom is 0.262 e. The SMILES string of the molecule is CNc1cccnc1S(=O)(=O)N(C)Cc1ccc(C)cc1. The highest BCUT2D eigenvalue weighted by Crippen LogP contribution is 2.22. The number of pyridine rings is 1. The minimum absolute atomic E-state index is 0.0436. The number of aromatic nitrogens is 1. The fourth-order valence-electron chi connectivity index (χ4n) is 1.97. The molecule has 0 spiro atoms. The quantitative estimate of drug-likeness (QED) is 0.920. The second-order valence-electron chi connectivity index (χ2n) is 4.85. The summed E-state index contributed by atoms with van der Waals surface area (Å²) in [6.07, 6.45) is 1.48. The zero-order chi connectivity index (χ0) is 15.5. The van der Waals surface area contributed by atoms with Crippen LogP contribution in [0.5, 0.6) is 0 Å². The van der Waals surface area contributed by atoms with Gasteiger partial charge in [-0.25, -0.2) is 13.4 Å². The molecule has 1 aromatic heterocycles. The van der Waals surface area contributed by atoms with Crippen LogP contribution >= 0.6 is 0 Å². The van der Waals surface area contributed by atoms with E-state index in [9.17, 15) is 8.42 Å². The Hall–Kier alpha value is -1.92. The van der Waals surface area contributed by atoms with Crippen molar-refractivity contribution in [1.29, 1.82) is 0 Å². The van der Waals surface area contributed by atoms with Gasteiger partial charge in [0.1, 0.15) is 0 Å². The number of nitrogens with zero attached hydrogens (tertiary/aromatic N) is 2. The number of aryl methyl sites for hydroxylation is 1. The molecule has 6 heteroatoms. The normalized spacial score (nSPS) is 11.6. The van der Waals surface area contributed by atoms with Crippen LogP contribution < -0.4 is 5.32 Å². The van der Waals surface area contributed by atoms with Crippen LogP contribution in [0.3, 0.4) is 0 Å². The van der Waals surface area contributed by atoms with Crippen molar-refractivity contribution in [3.63, 3.8) is 0 Å². The molecule has 5 nitrogen and oxygen atoms in total. The lowest BCUT2D eigenvalue weighted by molar-refractivity contribution is 0.464. The minimum Gasteiger partial charge on any atom is -0.386 e. The molecule has 0 aliphatic carbocycles. The third-order valence-corrected chi connectivity index (χ3v) is 4.98. The minimum atomic E-state index is -3.63. The molecular weight excluding hydrogens is 286 g/mol. The molecule has 0 fully saturated rings. The lowest BCUT2D eigenvalue weighted by Crippen LogP contribution is -2.28. The van der Waals surface area contributed by atoms with E-state index in [0.717, 1.165) is 11.1 Å². The topological polar surface area (TPSA) is 62.3 Å². The van der Waals surface area contributed by atoms with Crippen molar-refractivity contribution in [3.8, 4) is 0 Å². The molecule has 112 valence electrons. The van der Waals surface area contributed by atoms with Crippen molar-refractivity contribution < 1.29 is 8.42 Å². The molecule has 0 radical (unpaired) electrons. The summed E-state index contributed by atoms with van der Waals surface area (Å²) < 4.78 is 26.5. The van der Waals surface area contributed by atoms with Gasteiger partial charge in [-0.1, -0.05) is 29.8 Å². The summed E-state index contributed by atoms with van der Waals surface area (Å²) >= 11 is 0. The van der Waals surface area contributed by atoms with Gasteiger partial charge in [0.2, 0.25) is 0 Å². The van der Waals surface area contributed by atoms with Crippen LogP contribution in [0.4, 0.5) is 5.69 Å². The Bertz CT molecular complexity index is 712. The van der Waals surface area contributed by atoms with Gasteiger partial charge >= 0.3 is 0 Å². The standard InChI is InChI=1S/C15H19N3O2S/c1-12-6-8-13(9-7-12)11-18(3)21(19,20)15-14(16-2)5-4-10-17-15/h4-10,16H,11H2,1-3H3. The van der Waals surface area contributed by atoms with Gasteiger partial charge in [-0.15, -0.1) is 0 Å². The van der Waals surface area contributed by atoms with Crippen LogP contribution in [-0.2, 0) is 16.6 Å². The van der Waals surface area contributed by atoms with E-state index in [0.29, 0.717) is 12.2 Å². The first-order valence-corrected chi connectivity index (χ1v) is 8.04. The Morgan fingerprint density at radius 3 is 2.48 bits per heavy atom. The number of hydrogen-bond donors (Lipinski definition) is 1. The van der Waals surface area contributed by atoms with E-state index < -0.39 is 10.0 Å². The summed E-state index contributed by atoms with van der Waals surface area (Å²) in [6, 6.07) is 11.2. The Labute approximate surface area is 125 Å². The number of sulfonamides is 1. The van der Waals surface area contributed by atoms with E-state index in [1.165, 1.54) is 10.5 Å². The zero-order valence-electron chi connectivity index (χ0n) is 12.4. The highest BCUT2D eigenvalue weighted by molar-refractivity contribution is 7.89. The Balaban J connectivity index is 2.28. The predicted molar refractivity (Wildman–Crippen MR) is 83.6 cm³/mol.